The molecule has 7 nitrogen and oxygen atoms in total. The molecule has 0 bridgehead atoms. The van der Waals surface area contributed by atoms with Gasteiger partial charge in [-0.2, -0.15) is 5.10 Å². The summed E-state index contributed by atoms with van der Waals surface area (Å²) in [6.45, 7) is 0. The Balaban J connectivity index is 1.68. The number of oxazole rings is 1. The van der Waals surface area contributed by atoms with Crippen LogP contribution in [0, 0.1) is 0 Å². The van der Waals surface area contributed by atoms with E-state index in [1.54, 1.807) is 27.5 Å². The zero-order valence-electron chi connectivity index (χ0n) is 18.1. The van der Waals surface area contributed by atoms with E-state index in [0.717, 1.165) is 29.1 Å². The Hall–Kier alpha value is -4.00. The van der Waals surface area contributed by atoms with Crippen molar-refractivity contribution in [2.24, 2.45) is 0 Å². The summed E-state index contributed by atoms with van der Waals surface area (Å²) in [5.74, 6) is 2.54. The van der Waals surface area contributed by atoms with Gasteiger partial charge in [0.05, 0.1) is 38.9 Å². The molecule has 0 saturated heterocycles. The zero-order valence-corrected chi connectivity index (χ0v) is 18.1. The van der Waals surface area contributed by atoms with E-state index in [0.29, 0.717) is 23.0 Å². The van der Waals surface area contributed by atoms with E-state index in [1.165, 1.54) is 12.0 Å². The van der Waals surface area contributed by atoms with Gasteiger partial charge in [-0.15, -0.1) is 0 Å². The minimum absolute atomic E-state index is 0.240. The largest absolute Gasteiger partial charge is 0.493 e. The summed E-state index contributed by atoms with van der Waals surface area (Å²) >= 11 is 0. The number of rotatable bonds is 6. The van der Waals surface area contributed by atoms with Crippen LogP contribution in [0.15, 0.2) is 65.5 Å². The summed E-state index contributed by atoms with van der Waals surface area (Å²) in [5, 5.41) is 4.92. The van der Waals surface area contributed by atoms with Crippen LogP contribution < -0.4 is 14.2 Å². The molecule has 32 heavy (non-hydrogen) atoms. The van der Waals surface area contributed by atoms with Gasteiger partial charge in [0.1, 0.15) is 5.69 Å². The maximum Gasteiger partial charge on any atom is 0.203 e. The second-order valence-electron chi connectivity index (χ2n) is 7.45. The van der Waals surface area contributed by atoms with Crippen molar-refractivity contribution >= 4 is 6.08 Å². The van der Waals surface area contributed by atoms with Crippen LogP contribution in [0.2, 0.25) is 0 Å². The molecule has 0 fully saturated rings. The molecule has 5 rings (SSSR count). The number of benzene rings is 2. The molecule has 1 unspecified atom stereocenters. The Morgan fingerprint density at radius 3 is 2.38 bits per heavy atom. The average Bonchev–Trinajstić information content (AvgIpc) is 3.51. The van der Waals surface area contributed by atoms with E-state index in [2.05, 4.69) is 41.4 Å². The molecule has 2 aromatic carbocycles. The first-order chi connectivity index (χ1) is 15.7. The maximum atomic E-state index is 5.58. The highest BCUT2D eigenvalue weighted by Crippen LogP contribution is 2.42. The monoisotopic (exact) mass is 429 g/mol. The van der Waals surface area contributed by atoms with Gasteiger partial charge in [0.2, 0.25) is 5.75 Å². The second kappa shape index (κ2) is 8.26. The highest BCUT2D eigenvalue weighted by atomic mass is 16.5. The molecule has 0 spiro atoms. The van der Waals surface area contributed by atoms with Crippen LogP contribution >= 0.6 is 0 Å². The van der Waals surface area contributed by atoms with Crippen LogP contribution in [-0.4, -0.2) is 36.1 Å². The van der Waals surface area contributed by atoms with Gasteiger partial charge in [0.15, 0.2) is 23.7 Å². The minimum Gasteiger partial charge on any atom is -0.493 e. The Bertz CT molecular complexity index is 1240. The van der Waals surface area contributed by atoms with Gasteiger partial charge in [0, 0.05) is 30.0 Å². The van der Waals surface area contributed by atoms with E-state index in [4.69, 9.17) is 23.7 Å². The molecule has 0 aliphatic heterocycles. The fourth-order valence-electron chi connectivity index (χ4n) is 4.17. The summed E-state index contributed by atoms with van der Waals surface area (Å²) in [6, 6.07) is 14.3. The first-order valence-corrected chi connectivity index (χ1v) is 10.3. The molecule has 7 heteroatoms. The number of hydrogen-bond donors (Lipinski definition) is 0. The minimum atomic E-state index is 0.240. The highest BCUT2D eigenvalue weighted by Gasteiger charge is 2.27. The predicted octanol–water partition coefficient (Wildman–Crippen LogP) is 4.91. The van der Waals surface area contributed by atoms with E-state index < -0.39 is 0 Å². The van der Waals surface area contributed by atoms with Gasteiger partial charge in [-0.1, -0.05) is 42.5 Å². The van der Waals surface area contributed by atoms with Crippen LogP contribution in [0.25, 0.3) is 23.2 Å². The first-order valence-electron chi connectivity index (χ1n) is 10.3. The molecule has 0 saturated carbocycles. The number of fused-ring (bicyclic) bond motifs is 1. The van der Waals surface area contributed by atoms with Crippen molar-refractivity contribution in [3.8, 4) is 34.4 Å². The van der Waals surface area contributed by atoms with Crippen molar-refractivity contribution < 1.29 is 18.6 Å². The molecule has 2 heterocycles. The van der Waals surface area contributed by atoms with E-state index in [1.807, 2.05) is 22.9 Å². The quantitative estimate of drug-likeness (QED) is 0.434. The van der Waals surface area contributed by atoms with Crippen molar-refractivity contribution in [2.75, 3.05) is 21.3 Å². The lowest BCUT2D eigenvalue weighted by molar-refractivity contribution is 0.324. The van der Waals surface area contributed by atoms with Crippen molar-refractivity contribution in [1.82, 2.24) is 14.8 Å². The van der Waals surface area contributed by atoms with Crippen LogP contribution in [0.1, 0.15) is 22.7 Å². The van der Waals surface area contributed by atoms with Crippen molar-refractivity contribution in [3.05, 3.63) is 78.0 Å². The number of ether oxygens (including phenoxy) is 3. The van der Waals surface area contributed by atoms with Gasteiger partial charge >= 0.3 is 0 Å². The van der Waals surface area contributed by atoms with Crippen LogP contribution in [0.3, 0.4) is 0 Å². The number of methoxy groups -OCH3 is 3. The topological polar surface area (TPSA) is 71.5 Å². The van der Waals surface area contributed by atoms with Gasteiger partial charge in [-0.05, 0) is 5.56 Å². The van der Waals surface area contributed by atoms with Gasteiger partial charge < -0.3 is 18.6 Å². The van der Waals surface area contributed by atoms with Crippen molar-refractivity contribution in [2.45, 2.75) is 12.3 Å². The molecule has 2 aromatic heterocycles. The molecule has 0 N–H and O–H groups in total. The van der Waals surface area contributed by atoms with Crippen LogP contribution in [-0.2, 0) is 6.42 Å². The van der Waals surface area contributed by atoms with Crippen LogP contribution in [0.5, 0.6) is 17.2 Å². The lowest BCUT2D eigenvalue weighted by Gasteiger charge is -2.20. The molecule has 4 aromatic rings. The summed E-state index contributed by atoms with van der Waals surface area (Å²) < 4.78 is 24.1. The molecule has 1 atom stereocenters. The third-order valence-electron chi connectivity index (χ3n) is 5.72. The molecular formula is C25H23N3O4. The molecule has 0 radical (unpaired) electrons. The fraction of sp³-hybridized carbons (Fsp3) is 0.200. The van der Waals surface area contributed by atoms with Gasteiger partial charge in [-0.25, -0.2) is 9.67 Å². The first kappa shape index (κ1) is 19.9. The normalized spacial score (nSPS) is 14.8. The third-order valence-corrected chi connectivity index (χ3v) is 5.72. The fourth-order valence-corrected chi connectivity index (χ4v) is 4.17. The van der Waals surface area contributed by atoms with Crippen molar-refractivity contribution in [1.29, 1.82) is 0 Å². The number of allylic oxidation sites excluding steroid dienone is 1. The summed E-state index contributed by atoms with van der Waals surface area (Å²) in [7, 11) is 4.80. The SMILES string of the molecule is COc1cc(-n2nc(-c3cnco3)c3c2CC(c2ccccc2)C=C3)cc(OC)c1OC. The Morgan fingerprint density at radius 1 is 1.00 bits per heavy atom. The molecule has 1 aliphatic carbocycles. The summed E-state index contributed by atoms with van der Waals surface area (Å²) in [4.78, 5) is 4.07. The molecule has 162 valence electrons. The molecule has 1 aliphatic rings. The van der Waals surface area contributed by atoms with Gasteiger partial charge in [-0.3, -0.25) is 0 Å². The smallest absolute Gasteiger partial charge is 0.203 e. The standard InChI is InChI=1S/C25H23N3O4/c1-29-21-12-18(13-22(30-2)25(21)31-3)28-20-11-17(16-7-5-4-6-8-16)9-10-19(20)24(27-28)23-14-26-15-32-23/h4-10,12-15,17H,11H2,1-3H3. The predicted molar refractivity (Wildman–Crippen MR) is 121 cm³/mol. The van der Waals surface area contributed by atoms with E-state index >= 15 is 0 Å². The Morgan fingerprint density at radius 2 is 1.75 bits per heavy atom. The average molecular weight is 429 g/mol. The van der Waals surface area contributed by atoms with Gasteiger partial charge in [0.25, 0.3) is 0 Å². The summed E-state index contributed by atoms with van der Waals surface area (Å²) in [6.07, 6.45) is 8.22. The maximum absolute atomic E-state index is 5.58. The summed E-state index contributed by atoms with van der Waals surface area (Å²) in [5.41, 5.74) is 4.90. The number of hydrogen-bond acceptors (Lipinski definition) is 6. The number of nitrogens with zero attached hydrogens (tertiary/aromatic N) is 3. The molecular weight excluding hydrogens is 406 g/mol. The van der Waals surface area contributed by atoms with Crippen molar-refractivity contribution in [3.63, 3.8) is 0 Å². The highest BCUT2D eigenvalue weighted by molar-refractivity contribution is 5.73. The Labute approximate surface area is 185 Å². The van der Waals surface area contributed by atoms with E-state index in [9.17, 15) is 0 Å². The molecule has 0 amide bonds. The lowest BCUT2D eigenvalue weighted by Crippen LogP contribution is -2.11. The second-order valence-corrected chi connectivity index (χ2v) is 7.45. The zero-order chi connectivity index (χ0) is 22.1. The van der Waals surface area contributed by atoms with Crippen LogP contribution in [0.4, 0.5) is 0 Å². The Kier molecular flexibility index (Phi) is 5.15. The number of aromatic nitrogens is 3. The van der Waals surface area contributed by atoms with E-state index in [-0.39, 0.29) is 5.92 Å². The third kappa shape index (κ3) is 3.32. The lowest BCUT2D eigenvalue weighted by atomic mass is 9.87.